The molecule has 4 nitrogen and oxygen atoms in total. The maximum atomic E-state index is 11.1. The zero-order valence-corrected chi connectivity index (χ0v) is 14.3. The molecule has 2 aromatic carbocycles. The van der Waals surface area contributed by atoms with Crippen LogP contribution in [-0.4, -0.2) is 22.3 Å². The van der Waals surface area contributed by atoms with Crippen LogP contribution in [0.2, 0.25) is 10.0 Å². The van der Waals surface area contributed by atoms with Crippen LogP contribution in [0.1, 0.15) is 29.0 Å². The first-order chi connectivity index (χ1) is 11.4. The van der Waals surface area contributed by atoms with Gasteiger partial charge in [-0.1, -0.05) is 35.3 Å². The molecule has 0 radical (unpaired) electrons. The average Bonchev–Trinajstić information content (AvgIpc) is 2.53. The number of phenolic OH excluding ortho intramolecular Hbond substituents is 1. The van der Waals surface area contributed by atoms with Gasteiger partial charge < -0.3 is 15.5 Å². The minimum absolute atomic E-state index is 0.0748. The van der Waals surface area contributed by atoms with Gasteiger partial charge in [0, 0.05) is 12.0 Å². The summed E-state index contributed by atoms with van der Waals surface area (Å²) in [6, 6.07) is 10.5. The Balaban J connectivity index is 1.97. The summed E-state index contributed by atoms with van der Waals surface area (Å²) in [5.74, 6) is 0.109. The van der Waals surface area contributed by atoms with E-state index in [4.69, 9.17) is 28.3 Å². The number of amides is 1. The molecule has 0 aromatic heterocycles. The average molecular weight is 366 g/mol. The maximum absolute atomic E-state index is 11.1. The second-order valence-electron chi connectivity index (χ2n) is 6.04. The van der Waals surface area contributed by atoms with E-state index in [1.807, 2.05) is 12.1 Å². The molecule has 0 saturated carbocycles. The highest BCUT2D eigenvalue weighted by molar-refractivity contribution is 6.42. The van der Waals surface area contributed by atoms with Crippen molar-refractivity contribution in [1.29, 1.82) is 0 Å². The van der Waals surface area contributed by atoms with Crippen LogP contribution in [0.4, 0.5) is 4.79 Å². The van der Waals surface area contributed by atoms with Crippen LogP contribution in [0.25, 0.3) is 0 Å². The van der Waals surface area contributed by atoms with Crippen molar-refractivity contribution in [2.75, 3.05) is 0 Å². The Morgan fingerprint density at radius 3 is 2.67 bits per heavy atom. The van der Waals surface area contributed by atoms with E-state index in [0.717, 1.165) is 29.5 Å². The molecule has 0 heterocycles. The molecule has 1 amide bonds. The van der Waals surface area contributed by atoms with Gasteiger partial charge in [-0.2, -0.15) is 0 Å². The predicted octanol–water partition coefficient (Wildman–Crippen LogP) is 4.61. The molecule has 0 aliphatic heterocycles. The Kier molecular flexibility index (Phi) is 4.88. The summed E-state index contributed by atoms with van der Waals surface area (Å²) in [6.07, 6.45) is 1.06. The zero-order chi connectivity index (χ0) is 17.3. The topological polar surface area (TPSA) is 69.6 Å². The van der Waals surface area contributed by atoms with E-state index in [9.17, 15) is 9.90 Å². The second kappa shape index (κ2) is 6.91. The predicted molar refractivity (Wildman–Crippen MR) is 94.3 cm³/mol. The smallest absolute Gasteiger partial charge is 0.404 e. The molecular weight excluding hydrogens is 349 g/mol. The quantitative estimate of drug-likeness (QED) is 0.743. The molecule has 126 valence electrons. The number of hydrogen-bond donors (Lipinski definition) is 3. The first kappa shape index (κ1) is 16.9. The molecule has 0 bridgehead atoms. The number of phenols is 1. The highest BCUT2D eigenvalue weighted by Crippen LogP contribution is 2.37. The number of carboxylic acid groups (broad SMARTS) is 1. The summed E-state index contributed by atoms with van der Waals surface area (Å²) >= 11 is 12.1. The van der Waals surface area contributed by atoms with E-state index in [1.165, 1.54) is 0 Å². The minimum atomic E-state index is -1.04. The number of nitrogens with one attached hydrogen (secondary N) is 1. The van der Waals surface area contributed by atoms with Crippen LogP contribution < -0.4 is 5.32 Å². The van der Waals surface area contributed by atoms with E-state index >= 15 is 0 Å². The Morgan fingerprint density at radius 2 is 1.96 bits per heavy atom. The Labute approximate surface area is 150 Å². The number of hydrogen-bond acceptors (Lipinski definition) is 2. The number of benzene rings is 2. The van der Waals surface area contributed by atoms with Gasteiger partial charge in [0.25, 0.3) is 0 Å². The molecule has 2 atom stereocenters. The largest absolute Gasteiger partial charge is 0.508 e. The lowest BCUT2D eigenvalue weighted by Gasteiger charge is -2.34. The molecule has 2 unspecified atom stereocenters. The highest BCUT2D eigenvalue weighted by Gasteiger charge is 2.31. The number of carbonyl (C=O) groups is 1. The molecule has 0 saturated heterocycles. The van der Waals surface area contributed by atoms with Crippen molar-refractivity contribution in [3.05, 3.63) is 63.1 Å². The normalized spacial score (nSPS) is 19.6. The van der Waals surface area contributed by atoms with Crippen molar-refractivity contribution in [3.8, 4) is 5.75 Å². The molecule has 0 spiro atoms. The molecule has 3 rings (SSSR count). The molecule has 3 N–H and O–H groups in total. The van der Waals surface area contributed by atoms with Gasteiger partial charge >= 0.3 is 6.09 Å². The van der Waals surface area contributed by atoms with Gasteiger partial charge in [-0.25, -0.2) is 4.79 Å². The third-order valence-corrected chi connectivity index (χ3v) is 5.23. The molecule has 1 aliphatic carbocycles. The third-order valence-electron chi connectivity index (χ3n) is 4.49. The Hall–Kier alpha value is -1.91. The first-order valence-corrected chi connectivity index (χ1v) is 8.45. The van der Waals surface area contributed by atoms with Crippen molar-refractivity contribution in [1.82, 2.24) is 5.32 Å². The minimum Gasteiger partial charge on any atom is -0.508 e. The number of halogens is 2. The van der Waals surface area contributed by atoms with Crippen molar-refractivity contribution in [2.24, 2.45) is 0 Å². The summed E-state index contributed by atoms with van der Waals surface area (Å²) in [6.45, 7) is 0. The van der Waals surface area contributed by atoms with E-state index < -0.39 is 6.09 Å². The van der Waals surface area contributed by atoms with Crippen LogP contribution in [0.3, 0.4) is 0 Å². The van der Waals surface area contributed by atoms with Gasteiger partial charge in [0.2, 0.25) is 0 Å². The summed E-state index contributed by atoms with van der Waals surface area (Å²) in [5.41, 5.74) is 3.09. The van der Waals surface area contributed by atoms with E-state index in [2.05, 4.69) is 5.32 Å². The summed E-state index contributed by atoms with van der Waals surface area (Å²) in [7, 11) is 0. The Morgan fingerprint density at radius 1 is 1.17 bits per heavy atom. The maximum Gasteiger partial charge on any atom is 0.404 e. The molecule has 1 aliphatic rings. The van der Waals surface area contributed by atoms with E-state index in [1.54, 1.807) is 24.3 Å². The van der Waals surface area contributed by atoms with Gasteiger partial charge in [0.15, 0.2) is 0 Å². The van der Waals surface area contributed by atoms with Gasteiger partial charge in [-0.15, -0.1) is 0 Å². The number of fused-ring (bicyclic) bond motifs is 1. The van der Waals surface area contributed by atoms with Crippen molar-refractivity contribution >= 4 is 29.3 Å². The van der Waals surface area contributed by atoms with Crippen LogP contribution >= 0.6 is 23.2 Å². The number of aryl methyl sites for hydroxylation is 1. The zero-order valence-electron chi connectivity index (χ0n) is 12.8. The summed E-state index contributed by atoms with van der Waals surface area (Å²) in [5, 5.41) is 22.6. The third kappa shape index (κ3) is 3.60. The fourth-order valence-corrected chi connectivity index (χ4v) is 3.71. The summed E-state index contributed by atoms with van der Waals surface area (Å²) < 4.78 is 0. The van der Waals surface area contributed by atoms with E-state index in [-0.39, 0.29) is 17.7 Å². The van der Waals surface area contributed by atoms with Crippen LogP contribution in [0.15, 0.2) is 36.4 Å². The molecule has 6 heteroatoms. The van der Waals surface area contributed by atoms with Gasteiger partial charge in [0.05, 0.1) is 10.0 Å². The Bertz CT molecular complexity index is 779. The van der Waals surface area contributed by atoms with Gasteiger partial charge in [-0.3, -0.25) is 0 Å². The van der Waals surface area contributed by atoms with Crippen molar-refractivity contribution in [2.45, 2.75) is 31.2 Å². The van der Waals surface area contributed by atoms with Crippen LogP contribution in [0.5, 0.6) is 5.75 Å². The van der Waals surface area contributed by atoms with Crippen molar-refractivity contribution < 1.29 is 15.0 Å². The standard InChI is InChI=1S/C18H17Cl2NO3/c19-15-5-1-10(8-16(15)20)7-14-13-9-12(22)4-2-11(13)3-6-17(14)21-18(23)24/h1-2,4-5,8-9,14,17,21-22H,3,6-7H2,(H,23,24). The van der Waals surface area contributed by atoms with Gasteiger partial charge in [0.1, 0.15) is 5.75 Å². The first-order valence-electron chi connectivity index (χ1n) is 7.69. The van der Waals surface area contributed by atoms with Gasteiger partial charge in [-0.05, 0) is 60.2 Å². The second-order valence-corrected chi connectivity index (χ2v) is 6.85. The number of aromatic hydroxyl groups is 1. The fraction of sp³-hybridized carbons (Fsp3) is 0.278. The lowest BCUT2D eigenvalue weighted by Crippen LogP contribution is -2.42. The number of rotatable bonds is 3. The molecular formula is C18H17Cl2NO3. The molecule has 24 heavy (non-hydrogen) atoms. The lowest BCUT2D eigenvalue weighted by molar-refractivity contribution is 0.185. The van der Waals surface area contributed by atoms with Crippen molar-refractivity contribution in [3.63, 3.8) is 0 Å². The van der Waals surface area contributed by atoms with Crippen LogP contribution in [-0.2, 0) is 12.8 Å². The SMILES string of the molecule is O=C(O)NC1CCc2ccc(O)cc2C1Cc1ccc(Cl)c(Cl)c1. The lowest BCUT2D eigenvalue weighted by atomic mass is 9.76. The summed E-state index contributed by atoms with van der Waals surface area (Å²) in [4.78, 5) is 11.1. The van der Waals surface area contributed by atoms with Crippen LogP contribution in [0, 0.1) is 0 Å². The monoisotopic (exact) mass is 365 g/mol. The fourth-order valence-electron chi connectivity index (χ4n) is 3.39. The molecule has 2 aromatic rings. The molecule has 0 fully saturated rings. The van der Waals surface area contributed by atoms with E-state index in [0.29, 0.717) is 16.5 Å². The highest BCUT2D eigenvalue weighted by atomic mass is 35.5.